The van der Waals surface area contributed by atoms with Crippen molar-refractivity contribution in [3.63, 3.8) is 0 Å². The van der Waals surface area contributed by atoms with Gasteiger partial charge in [-0.05, 0) is 63.1 Å². The van der Waals surface area contributed by atoms with Crippen LogP contribution in [0.1, 0.15) is 42.7 Å². The van der Waals surface area contributed by atoms with Crippen molar-refractivity contribution in [1.29, 1.82) is 0 Å². The third-order valence-corrected chi connectivity index (χ3v) is 4.97. The first-order valence-electron chi connectivity index (χ1n) is 9.33. The van der Waals surface area contributed by atoms with Crippen LogP contribution < -0.4 is 0 Å². The van der Waals surface area contributed by atoms with E-state index in [0.717, 1.165) is 18.5 Å². The molecule has 1 aromatic carbocycles. The Kier molecular flexibility index (Phi) is 5.63. The Labute approximate surface area is 159 Å². The Hall–Kier alpha value is -2.63. The molecule has 1 aliphatic rings. The van der Waals surface area contributed by atoms with E-state index in [1.54, 1.807) is 4.90 Å². The third-order valence-electron chi connectivity index (χ3n) is 4.97. The molecule has 0 spiro atoms. The maximum absolute atomic E-state index is 13.1. The molecule has 1 aromatic heterocycles. The summed E-state index contributed by atoms with van der Waals surface area (Å²) in [6.45, 7) is 4.33. The molecular weight excluding hydrogens is 345 g/mol. The summed E-state index contributed by atoms with van der Waals surface area (Å²) in [5, 5.41) is 0. The fraction of sp³-hybridized carbons (Fsp3) is 0.429. The largest absolute Gasteiger partial charge is 0.353 e. The zero-order chi connectivity index (χ0) is 19.6. The normalized spacial score (nSPS) is 13.7. The molecule has 6 heteroatoms. The lowest BCUT2D eigenvalue weighted by molar-refractivity contribution is -0.133. The Morgan fingerprint density at radius 1 is 1.19 bits per heavy atom. The number of hydrogen-bond acceptors (Lipinski definition) is 2. The number of amides is 2. The predicted octanol–water partition coefficient (Wildman–Crippen LogP) is 3.21. The van der Waals surface area contributed by atoms with Gasteiger partial charge < -0.3 is 14.4 Å². The van der Waals surface area contributed by atoms with E-state index in [4.69, 9.17) is 0 Å². The lowest BCUT2D eigenvalue weighted by Gasteiger charge is -2.30. The minimum Gasteiger partial charge on any atom is -0.353 e. The van der Waals surface area contributed by atoms with E-state index in [9.17, 15) is 14.0 Å². The number of benzene rings is 1. The molecule has 0 saturated heterocycles. The first kappa shape index (κ1) is 19.1. The van der Waals surface area contributed by atoms with Crippen molar-refractivity contribution in [3.8, 4) is 0 Å². The average Bonchev–Trinajstić information content (AvgIpc) is 3.39. The molecule has 1 heterocycles. The standard InChI is InChI=1S/C21H26FN3O2/c1-15(2)24(21(27)16-6-8-17(22)9-7-16)14-20(26)25(18-10-11-18)13-19-5-4-12-23(19)3/h4-9,12,15,18H,10-11,13-14H2,1-3H3. The summed E-state index contributed by atoms with van der Waals surface area (Å²) in [5.41, 5.74) is 1.45. The Morgan fingerprint density at radius 3 is 2.37 bits per heavy atom. The van der Waals surface area contributed by atoms with Gasteiger partial charge >= 0.3 is 0 Å². The number of halogens is 1. The minimum atomic E-state index is -0.388. The van der Waals surface area contributed by atoms with Gasteiger partial charge in [-0.25, -0.2) is 4.39 Å². The van der Waals surface area contributed by atoms with Gasteiger partial charge in [-0.2, -0.15) is 0 Å². The number of rotatable bonds is 7. The highest BCUT2D eigenvalue weighted by Gasteiger charge is 2.34. The van der Waals surface area contributed by atoms with Crippen LogP contribution in [0.15, 0.2) is 42.6 Å². The van der Waals surface area contributed by atoms with E-state index in [2.05, 4.69) is 0 Å². The van der Waals surface area contributed by atoms with Crippen LogP contribution in [0.4, 0.5) is 4.39 Å². The summed E-state index contributed by atoms with van der Waals surface area (Å²) in [7, 11) is 1.96. The highest BCUT2D eigenvalue weighted by Crippen LogP contribution is 2.29. The number of nitrogens with zero attached hydrogens (tertiary/aromatic N) is 3. The molecule has 144 valence electrons. The summed E-state index contributed by atoms with van der Waals surface area (Å²) in [6, 6.07) is 9.53. The molecule has 27 heavy (non-hydrogen) atoms. The Balaban J connectivity index is 1.74. The number of carbonyl (C=O) groups excluding carboxylic acids is 2. The van der Waals surface area contributed by atoms with Crippen molar-refractivity contribution in [3.05, 3.63) is 59.7 Å². The van der Waals surface area contributed by atoms with Crippen molar-refractivity contribution >= 4 is 11.8 Å². The molecule has 5 nitrogen and oxygen atoms in total. The highest BCUT2D eigenvalue weighted by molar-refractivity contribution is 5.96. The second-order valence-electron chi connectivity index (χ2n) is 7.40. The number of hydrogen-bond donors (Lipinski definition) is 0. The van der Waals surface area contributed by atoms with Gasteiger partial charge in [0.2, 0.25) is 5.91 Å². The maximum Gasteiger partial charge on any atom is 0.254 e. The van der Waals surface area contributed by atoms with Crippen molar-refractivity contribution in [2.75, 3.05) is 6.54 Å². The van der Waals surface area contributed by atoms with Crippen molar-refractivity contribution < 1.29 is 14.0 Å². The lowest BCUT2D eigenvalue weighted by atomic mass is 10.1. The van der Waals surface area contributed by atoms with Crippen LogP contribution in [0.25, 0.3) is 0 Å². The van der Waals surface area contributed by atoms with Crippen LogP contribution in [0.3, 0.4) is 0 Å². The molecule has 3 rings (SSSR count). The van der Waals surface area contributed by atoms with E-state index in [1.807, 2.05) is 48.7 Å². The highest BCUT2D eigenvalue weighted by atomic mass is 19.1. The molecule has 0 N–H and O–H groups in total. The molecule has 0 atom stereocenters. The summed E-state index contributed by atoms with van der Waals surface area (Å²) >= 11 is 0. The lowest BCUT2D eigenvalue weighted by Crippen LogP contribution is -2.46. The van der Waals surface area contributed by atoms with Gasteiger partial charge in [-0.1, -0.05) is 0 Å². The van der Waals surface area contributed by atoms with Crippen LogP contribution >= 0.6 is 0 Å². The van der Waals surface area contributed by atoms with Crippen LogP contribution in [0.2, 0.25) is 0 Å². The molecule has 0 bridgehead atoms. The van der Waals surface area contributed by atoms with Crippen LogP contribution in [0.5, 0.6) is 0 Å². The molecular formula is C21H26FN3O2. The summed E-state index contributed by atoms with van der Waals surface area (Å²) in [6.07, 6.45) is 3.97. The minimum absolute atomic E-state index is 0.0226. The second kappa shape index (κ2) is 7.94. The van der Waals surface area contributed by atoms with Gasteiger partial charge in [-0.15, -0.1) is 0 Å². The Bertz CT molecular complexity index is 809. The van der Waals surface area contributed by atoms with E-state index < -0.39 is 0 Å². The number of aryl methyl sites for hydroxylation is 1. The quantitative estimate of drug-likeness (QED) is 0.750. The van der Waals surface area contributed by atoms with Crippen molar-refractivity contribution in [1.82, 2.24) is 14.4 Å². The van der Waals surface area contributed by atoms with Gasteiger partial charge in [0, 0.05) is 36.6 Å². The van der Waals surface area contributed by atoms with E-state index in [0.29, 0.717) is 12.1 Å². The van der Waals surface area contributed by atoms with Gasteiger partial charge in [0.25, 0.3) is 5.91 Å². The molecule has 1 saturated carbocycles. The van der Waals surface area contributed by atoms with E-state index in [1.165, 1.54) is 24.3 Å². The maximum atomic E-state index is 13.1. The third kappa shape index (κ3) is 4.56. The molecule has 1 fully saturated rings. The smallest absolute Gasteiger partial charge is 0.254 e. The van der Waals surface area contributed by atoms with Crippen LogP contribution in [-0.4, -0.2) is 44.8 Å². The first-order chi connectivity index (χ1) is 12.9. The van der Waals surface area contributed by atoms with Crippen LogP contribution in [0, 0.1) is 5.82 Å². The number of aromatic nitrogens is 1. The molecule has 2 amide bonds. The van der Waals surface area contributed by atoms with Crippen molar-refractivity contribution in [2.24, 2.45) is 7.05 Å². The molecule has 0 radical (unpaired) electrons. The molecule has 2 aromatic rings. The average molecular weight is 371 g/mol. The topological polar surface area (TPSA) is 45.6 Å². The molecule has 1 aliphatic carbocycles. The monoisotopic (exact) mass is 371 g/mol. The van der Waals surface area contributed by atoms with Crippen LogP contribution in [-0.2, 0) is 18.4 Å². The van der Waals surface area contributed by atoms with E-state index >= 15 is 0 Å². The summed E-state index contributed by atoms with van der Waals surface area (Å²) in [4.78, 5) is 29.3. The van der Waals surface area contributed by atoms with E-state index in [-0.39, 0.29) is 36.3 Å². The molecule has 0 aliphatic heterocycles. The summed E-state index contributed by atoms with van der Waals surface area (Å²) in [5.74, 6) is -0.697. The Morgan fingerprint density at radius 2 is 1.85 bits per heavy atom. The van der Waals surface area contributed by atoms with Gasteiger partial charge in [-0.3, -0.25) is 9.59 Å². The fourth-order valence-corrected chi connectivity index (χ4v) is 3.13. The van der Waals surface area contributed by atoms with Gasteiger partial charge in [0.15, 0.2) is 0 Å². The van der Waals surface area contributed by atoms with Gasteiger partial charge in [0.1, 0.15) is 12.4 Å². The summed E-state index contributed by atoms with van der Waals surface area (Å²) < 4.78 is 15.2. The fourth-order valence-electron chi connectivity index (χ4n) is 3.13. The first-order valence-corrected chi connectivity index (χ1v) is 9.33. The second-order valence-corrected chi connectivity index (χ2v) is 7.40. The van der Waals surface area contributed by atoms with Crippen molar-refractivity contribution in [2.45, 2.75) is 45.3 Å². The number of carbonyl (C=O) groups is 2. The molecule has 0 unspecified atom stereocenters. The zero-order valence-electron chi connectivity index (χ0n) is 16.1. The zero-order valence-corrected chi connectivity index (χ0v) is 16.1. The SMILES string of the molecule is CC(C)N(CC(=O)N(Cc1cccn1C)C1CC1)C(=O)c1ccc(F)cc1. The van der Waals surface area contributed by atoms with Gasteiger partial charge in [0.05, 0.1) is 6.54 Å². The predicted molar refractivity (Wildman–Crippen MR) is 102 cm³/mol.